The molecule has 0 radical (unpaired) electrons. The third-order valence-electron chi connectivity index (χ3n) is 5.56. The number of benzene rings is 2. The molecule has 1 N–H and O–H groups in total. The van der Waals surface area contributed by atoms with Crippen molar-refractivity contribution in [2.45, 2.75) is 46.1 Å². The molecule has 0 spiro atoms. The molecule has 170 valence electrons. The van der Waals surface area contributed by atoms with Gasteiger partial charge < -0.3 is 15.1 Å². The van der Waals surface area contributed by atoms with E-state index in [0.29, 0.717) is 11.3 Å². The van der Waals surface area contributed by atoms with E-state index in [1.54, 1.807) is 6.07 Å². The van der Waals surface area contributed by atoms with Crippen molar-refractivity contribution in [3.63, 3.8) is 0 Å². The van der Waals surface area contributed by atoms with Gasteiger partial charge in [-0.1, -0.05) is 26.0 Å². The first-order chi connectivity index (χ1) is 15.3. The molecule has 0 aromatic heterocycles. The quantitative estimate of drug-likeness (QED) is 0.575. The summed E-state index contributed by atoms with van der Waals surface area (Å²) in [6.07, 6.45) is 1.83. The Morgan fingerprint density at radius 3 is 2.28 bits per heavy atom. The molecule has 1 aliphatic rings. The van der Waals surface area contributed by atoms with Crippen molar-refractivity contribution in [1.29, 1.82) is 0 Å². The molecule has 1 heterocycles. The number of fused-ring (bicyclic) bond motifs is 1. The van der Waals surface area contributed by atoms with Crippen LogP contribution in [0.4, 0.5) is 11.4 Å². The summed E-state index contributed by atoms with van der Waals surface area (Å²) in [5.74, 6) is -0.584. The van der Waals surface area contributed by atoms with Crippen molar-refractivity contribution in [3.8, 4) is 0 Å². The van der Waals surface area contributed by atoms with Crippen LogP contribution in [0.1, 0.15) is 61.0 Å². The van der Waals surface area contributed by atoms with E-state index in [-0.39, 0.29) is 11.8 Å². The van der Waals surface area contributed by atoms with Crippen LogP contribution in [0.15, 0.2) is 47.5 Å². The fraction of sp³-hybridized carbons (Fsp3) is 0.423. The summed E-state index contributed by atoms with van der Waals surface area (Å²) in [6, 6.07) is 13.6. The number of carbonyl (C=O) groups excluding carboxylic acids is 2. The highest BCUT2D eigenvalue weighted by Crippen LogP contribution is 2.35. The minimum Gasteiger partial charge on any atom is -0.339 e. The first kappa shape index (κ1) is 23.7. The molecule has 6 heteroatoms. The SMILES string of the molecule is CCCN(CCC)C(=O)c1ccc2c(c1)C(C(C)=Nc1ccc(CN(C)C)cc1)C(=O)N2. The molecule has 1 aliphatic heterocycles. The Morgan fingerprint density at radius 2 is 1.69 bits per heavy atom. The maximum atomic E-state index is 13.1. The number of amides is 2. The van der Waals surface area contributed by atoms with Crippen LogP contribution in [0.5, 0.6) is 0 Å². The molecule has 3 rings (SSSR count). The fourth-order valence-electron chi connectivity index (χ4n) is 4.16. The van der Waals surface area contributed by atoms with Gasteiger partial charge in [-0.2, -0.15) is 0 Å². The third kappa shape index (κ3) is 5.43. The zero-order chi connectivity index (χ0) is 23.3. The number of anilines is 1. The Bertz CT molecular complexity index is 989. The Morgan fingerprint density at radius 1 is 1.03 bits per heavy atom. The highest BCUT2D eigenvalue weighted by atomic mass is 16.2. The highest BCUT2D eigenvalue weighted by Gasteiger charge is 2.33. The first-order valence-electron chi connectivity index (χ1n) is 11.4. The fourth-order valence-corrected chi connectivity index (χ4v) is 4.16. The predicted molar refractivity (Wildman–Crippen MR) is 131 cm³/mol. The van der Waals surface area contributed by atoms with Crippen molar-refractivity contribution >= 4 is 28.9 Å². The van der Waals surface area contributed by atoms with E-state index in [2.05, 4.69) is 36.2 Å². The van der Waals surface area contributed by atoms with Crippen molar-refractivity contribution in [3.05, 3.63) is 59.2 Å². The summed E-state index contributed by atoms with van der Waals surface area (Å²) in [5.41, 5.74) is 4.93. The third-order valence-corrected chi connectivity index (χ3v) is 5.56. The second-order valence-corrected chi connectivity index (χ2v) is 8.67. The molecule has 0 saturated carbocycles. The molecule has 2 amide bonds. The topological polar surface area (TPSA) is 65.0 Å². The summed E-state index contributed by atoms with van der Waals surface area (Å²) >= 11 is 0. The van der Waals surface area contributed by atoms with Crippen LogP contribution in [-0.2, 0) is 11.3 Å². The molecule has 2 aromatic rings. The molecule has 6 nitrogen and oxygen atoms in total. The predicted octanol–water partition coefficient (Wildman–Crippen LogP) is 4.84. The molecule has 0 bridgehead atoms. The van der Waals surface area contributed by atoms with E-state index in [9.17, 15) is 9.59 Å². The number of nitrogens with one attached hydrogen (secondary N) is 1. The van der Waals surface area contributed by atoms with Gasteiger partial charge in [0.2, 0.25) is 5.91 Å². The molecule has 1 unspecified atom stereocenters. The van der Waals surface area contributed by atoms with Gasteiger partial charge in [-0.05, 0) is 75.3 Å². The average molecular weight is 435 g/mol. The monoisotopic (exact) mass is 434 g/mol. The van der Waals surface area contributed by atoms with E-state index in [0.717, 1.165) is 49.4 Å². The highest BCUT2D eigenvalue weighted by molar-refractivity contribution is 6.18. The van der Waals surface area contributed by atoms with Crippen molar-refractivity contribution in [1.82, 2.24) is 9.80 Å². The normalized spacial score (nSPS) is 15.6. The van der Waals surface area contributed by atoms with Crippen LogP contribution >= 0.6 is 0 Å². The average Bonchev–Trinajstić information content (AvgIpc) is 3.09. The van der Waals surface area contributed by atoms with Crippen molar-refractivity contribution < 1.29 is 9.59 Å². The number of rotatable bonds is 9. The van der Waals surface area contributed by atoms with E-state index >= 15 is 0 Å². The summed E-state index contributed by atoms with van der Waals surface area (Å²) in [4.78, 5) is 34.6. The number of aliphatic imine (C=N–C) groups is 1. The smallest absolute Gasteiger partial charge is 0.253 e. The van der Waals surface area contributed by atoms with E-state index in [4.69, 9.17) is 4.99 Å². The van der Waals surface area contributed by atoms with Crippen molar-refractivity contribution in [2.75, 3.05) is 32.5 Å². The van der Waals surface area contributed by atoms with Crippen molar-refractivity contribution in [2.24, 2.45) is 4.99 Å². The Kier molecular flexibility index (Phi) is 7.80. The maximum Gasteiger partial charge on any atom is 0.253 e. The molecular formula is C26H34N4O2. The molecule has 32 heavy (non-hydrogen) atoms. The lowest BCUT2D eigenvalue weighted by atomic mass is 9.94. The molecule has 0 aliphatic carbocycles. The Balaban J connectivity index is 1.87. The number of hydrogen-bond donors (Lipinski definition) is 1. The lowest BCUT2D eigenvalue weighted by molar-refractivity contribution is -0.115. The van der Waals surface area contributed by atoms with Crippen LogP contribution in [0.3, 0.4) is 0 Å². The summed E-state index contributed by atoms with van der Waals surface area (Å²) in [6.45, 7) is 8.35. The van der Waals surface area contributed by atoms with Crippen LogP contribution in [0.25, 0.3) is 0 Å². The van der Waals surface area contributed by atoms with Gasteiger partial charge in [-0.25, -0.2) is 0 Å². The van der Waals surface area contributed by atoms with Gasteiger partial charge >= 0.3 is 0 Å². The largest absolute Gasteiger partial charge is 0.339 e. The minimum absolute atomic E-state index is 0.0145. The molecule has 1 atom stereocenters. The number of nitrogens with zero attached hydrogens (tertiary/aromatic N) is 3. The lowest BCUT2D eigenvalue weighted by Crippen LogP contribution is -2.32. The van der Waals surface area contributed by atoms with E-state index < -0.39 is 5.92 Å². The molecule has 0 fully saturated rings. The zero-order valence-corrected chi connectivity index (χ0v) is 19.8. The standard InChI is InChI=1S/C26H34N4O2/c1-6-14-30(15-7-2)26(32)20-10-13-23-22(16-20)24(25(31)28-23)18(3)27-21-11-8-19(9-12-21)17-29(4)5/h8-13,16,24H,6-7,14-15,17H2,1-5H3,(H,28,31). The maximum absolute atomic E-state index is 13.1. The summed E-state index contributed by atoms with van der Waals surface area (Å²) in [5, 5.41) is 2.94. The lowest BCUT2D eigenvalue weighted by Gasteiger charge is -2.22. The van der Waals surface area contributed by atoms with E-state index in [1.165, 1.54) is 5.56 Å². The van der Waals surface area contributed by atoms with Gasteiger partial charge in [0.15, 0.2) is 0 Å². The van der Waals surface area contributed by atoms with Gasteiger partial charge in [0, 0.05) is 36.6 Å². The van der Waals surface area contributed by atoms with Gasteiger partial charge in [0.05, 0.1) is 5.69 Å². The van der Waals surface area contributed by atoms with Crippen LogP contribution in [-0.4, -0.2) is 54.5 Å². The first-order valence-corrected chi connectivity index (χ1v) is 11.4. The van der Waals surface area contributed by atoms with Gasteiger partial charge in [0.1, 0.15) is 5.92 Å². The second-order valence-electron chi connectivity index (χ2n) is 8.67. The van der Waals surface area contributed by atoms with Gasteiger partial charge in [-0.15, -0.1) is 0 Å². The minimum atomic E-state index is -0.495. The summed E-state index contributed by atoms with van der Waals surface area (Å²) in [7, 11) is 4.07. The van der Waals surface area contributed by atoms with Crippen LogP contribution in [0.2, 0.25) is 0 Å². The van der Waals surface area contributed by atoms with Gasteiger partial charge in [-0.3, -0.25) is 14.6 Å². The zero-order valence-electron chi connectivity index (χ0n) is 19.8. The van der Waals surface area contributed by atoms with E-state index in [1.807, 2.05) is 50.2 Å². The molecular weight excluding hydrogens is 400 g/mol. The van der Waals surface area contributed by atoms with Crippen LogP contribution in [0, 0.1) is 0 Å². The molecule has 2 aromatic carbocycles. The Hall–Kier alpha value is -2.99. The molecule has 0 saturated heterocycles. The second kappa shape index (κ2) is 10.6. The number of carbonyl (C=O) groups is 2. The number of hydrogen-bond acceptors (Lipinski definition) is 4. The summed E-state index contributed by atoms with van der Waals surface area (Å²) < 4.78 is 0. The van der Waals surface area contributed by atoms with Gasteiger partial charge in [0.25, 0.3) is 5.91 Å². The van der Waals surface area contributed by atoms with Crippen LogP contribution < -0.4 is 5.32 Å². The Labute approximate surface area is 191 Å².